The molecule has 1 saturated heterocycles. The molecule has 0 bridgehead atoms. The van der Waals surface area contributed by atoms with Crippen LogP contribution in [-0.4, -0.2) is 66.1 Å². The maximum absolute atomic E-state index is 14.6. The van der Waals surface area contributed by atoms with Gasteiger partial charge in [0.15, 0.2) is 0 Å². The third kappa shape index (κ3) is 13.3. The molecule has 3 rings (SSSR count). The number of halogens is 2. The van der Waals surface area contributed by atoms with E-state index in [4.69, 9.17) is 21.1 Å². The Hall–Kier alpha value is -2.72. The van der Waals surface area contributed by atoms with Gasteiger partial charge in [0.2, 0.25) is 0 Å². The van der Waals surface area contributed by atoms with Crippen molar-refractivity contribution in [1.29, 1.82) is 0 Å². The Labute approximate surface area is 236 Å². The highest BCUT2D eigenvalue weighted by Crippen LogP contribution is 2.30. The van der Waals surface area contributed by atoms with Crippen LogP contribution in [0.2, 0.25) is 5.02 Å². The molecule has 2 atom stereocenters. The Morgan fingerprint density at radius 1 is 1.15 bits per heavy atom. The molecule has 3 N–H and O–H groups in total. The summed E-state index contributed by atoms with van der Waals surface area (Å²) in [7, 11) is 5.01. The molecule has 2 unspecified atom stereocenters. The van der Waals surface area contributed by atoms with Gasteiger partial charge in [-0.05, 0) is 75.7 Å². The van der Waals surface area contributed by atoms with Crippen LogP contribution < -0.4 is 16.0 Å². The van der Waals surface area contributed by atoms with E-state index in [9.17, 15) is 14.0 Å². The van der Waals surface area contributed by atoms with Crippen molar-refractivity contribution < 1.29 is 28.2 Å². The maximum atomic E-state index is 14.6. The standard InChI is InChI=1S/C20H22ClFN2O4.C7H14O.C2H7N/c1-3-23-19(25)14-7-8-17(22)16(12-14)18(13-5-4-6-15(21)11-13)28-10-9-24-20(26)27-2;1-2-7-4-3-5-8-6-7;1-3-2/h4-8,11-12,18H,3,9-10H2,1-2H3,(H,23,25)(H,24,26);7H,2-6H2,1H3;3H,1-2H3. The van der Waals surface area contributed by atoms with E-state index in [2.05, 4.69) is 27.6 Å². The molecule has 1 fully saturated rings. The summed E-state index contributed by atoms with van der Waals surface area (Å²) in [5.41, 5.74) is 1.14. The van der Waals surface area contributed by atoms with Gasteiger partial charge in [0.1, 0.15) is 11.9 Å². The minimum atomic E-state index is -0.812. The molecule has 0 spiro atoms. The summed E-state index contributed by atoms with van der Waals surface area (Å²) < 4.78 is 30.2. The molecule has 0 radical (unpaired) electrons. The highest BCUT2D eigenvalue weighted by atomic mass is 35.5. The summed E-state index contributed by atoms with van der Waals surface area (Å²) in [4.78, 5) is 23.3. The van der Waals surface area contributed by atoms with Gasteiger partial charge in [-0.2, -0.15) is 0 Å². The van der Waals surface area contributed by atoms with Gasteiger partial charge < -0.3 is 30.2 Å². The zero-order valence-corrected chi connectivity index (χ0v) is 24.4. The van der Waals surface area contributed by atoms with Crippen LogP contribution >= 0.6 is 11.6 Å². The first-order valence-corrected chi connectivity index (χ1v) is 13.6. The molecular weight excluding hydrogens is 525 g/mol. The first kappa shape index (κ1) is 34.3. The van der Waals surface area contributed by atoms with Crippen molar-refractivity contribution in [3.8, 4) is 0 Å². The number of amides is 2. The Balaban J connectivity index is 0.000000575. The van der Waals surface area contributed by atoms with Crippen LogP contribution in [0.5, 0.6) is 0 Å². The largest absolute Gasteiger partial charge is 0.453 e. The van der Waals surface area contributed by atoms with Crippen molar-refractivity contribution in [1.82, 2.24) is 16.0 Å². The molecule has 1 aliphatic heterocycles. The molecule has 218 valence electrons. The van der Waals surface area contributed by atoms with E-state index in [1.807, 2.05) is 14.1 Å². The number of carbonyl (C=O) groups excluding carboxylic acids is 2. The Morgan fingerprint density at radius 3 is 2.46 bits per heavy atom. The summed E-state index contributed by atoms with van der Waals surface area (Å²) >= 11 is 6.07. The van der Waals surface area contributed by atoms with E-state index >= 15 is 0 Å². The molecule has 1 heterocycles. The van der Waals surface area contributed by atoms with Gasteiger partial charge in [-0.15, -0.1) is 0 Å². The number of hydrogen-bond donors (Lipinski definition) is 3. The molecule has 2 aromatic carbocycles. The first-order chi connectivity index (χ1) is 18.8. The second-order valence-corrected chi connectivity index (χ2v) is 9.25. The molecule has 2 amide bonds. The minimum absolute atomic E-state index is 0.0943. The van der Waals surface area contributed by atoms with Crippen molar-refractivity contribution in [3.05, 3.63) is 70.0 Å². The zero-order valence-electron chi connectivity index (χ0n) is 23.7. The molecular formula is C29H43ClFN3O5. The van der Waals surface area contributed by atoms with Crippen molar-refractivity contribution in [2.24, 2.45) is 5.92 Å². The van der Waals surface area contributed by atoms with Crippen molar-refractivity contribution >= 4 is 23.6 Å². The summed E-state index contributed by atoms with van der Waals surface area (Å²) in [6.07, 6.45) is 2.55. The topological polar surface area (TPSA) is 97.9 Å². The molecule has 10 heteroatoms. The number of nitrogens with one attached hydrogen (secondary N) is 3. The lowest BCUT2D eigenvalue weighted by atomic mass is 9.98. The summed E-state index contributed by atoms with van der Waals surface area (Å²) in [5.74, 6) is 0.0450. The lowest BCUT2D eigenvalue weighted by Crippen LogP contribution is -2.27. The van der Waals surface area contributed by atoms with E-state index in [-0.39, 0.29) is 24.6 Å². The van der Waals surface area contributed by atoms with Gasteiger partial charge in [-0.25, -0.2) is 9.18 Å². The zero-order chi connectivity index (χ0) is 29.0. The molecule has 1 aliphatic rings. The predicted octanol–water partition coefficient (Wildman–Crippen LogP) is 5.35. The average Bonchev–Trinajstić information content (AvgIpc) is 2.95. The number of carbonyl (C=O) groups is 2. The summed E-state index contributed by atoms with van der Waals surface area (Å²) in [5, 5.41) is 8.40. The van der Waals surface area contributed by atoms with Crippen molar-refractivity contribution in [3.63, 3.8) is 0 Å². The highest BCUT2D eigenvalue weighted by Gasteiger charge is 2.21. The fourth-order valence-electron chi connectivity index (χ4n) is 3.72. The fraction of sp³-hybridized carbons (Fsp3) is 0.517. The number of rotatable bonds is 9. The van der Waals surface area contributed by atoms with Crippen LogP contribution in [-0.2, 0) is 14.2 Å². The summed E-state index contributed by atoms with van der Waals surface area (Å²) in [6, 6.07) is 10.9. The van der Waals surface area contributed by atoms with E-state index in [1.165, 1.54) is 44.6 Å². The van der Waals surface area contributed by atoms with Gasteiger partial charge in [-0.1, -0.05) is 37.1 Å². The minimum Gasteiger partial charge on any atom is -0.453 e. The highest BCUT2D eigenvalue weighted by molar-refractivity contribution is 6.30. The van der Waals surface area contributed by atoms with Gasteiger partial charge in [0.05, 0.1) is 13.7 Å². The van der Waals surface area contributed by atoms with E-state index < -0.39 is 18.0 Å². The van der Waals surface area contributed by atoms with Crippen molar-refractivity contribution in [2.45, 2.75) is 39.2 Å². The fourth-order valence-corrected chi connectivity index (χ4v) is 3.91. The van der Waals surface area contributed by atoms with Crippen LogP contribution in [0.4, 0.5) is 9.18 Å². The predicted molar refractivity (Wildman–Crippen MR) is 153 cm³/mol. The monoisotopic (exact) mass is 567 g/mol. The average molecular weight is 568 g/mol. The quantitative estimate of drug-likeness (QED) is 0.353. The maximum Gasteiger partial charge on any atom is 0.406 e. The molecule has 2 aromatic rings. The second-order valence-electron chi connectivity index (χ2n) is 8.81. The lowest BCUT2D eigenvalue weighted by Gasteiger charge is -2.20. The van der Waals surface area contributed by atoms with E-state index in [0.29, 0.717) is 22.7 Å². The molecule has 0 aliphatic carbocycles. The van der Waals surface area contributed by atoms with Gasteiger partial charge in [-0.3, -0.25) is 4.79 Å². The first-order valence-electron chi connectivity index (χ1n) is 13.2. The third-order valence-corrected chi connectivity index (χ3v) is 5.94. The van der Waals surface area contributed by atoms with Gasteiger partial charge >= 0.3 is 6.09 Å². The number of hydrogen-bond acceptors (Lipinski definition) is 6. The summed E-state index contributed by atoms with van der Waals surface area (Å²) in [6.45, 7) is 6.76. The molecule has 39 heavy (non-hydrogen) atoms. The smallest absolute Gasteiger partial charge is 0.406 e. The van der Waals surface area contributed by atoms with Crippen LogP contribution in [0.15, 0.2) is 42.5 Å². The van der Waals surface area contributed by atoms with E-state index in [0.717, 1.165) is 19.1 Å². The molecule has 0 aromatic heterocycles. The SMILES string of the molecule is CCC1CCCOC1.CCNC(=O)c1ccc(F)c(C(OCCNC(=O)OC)c2cccc(Cl)c2)c1.CNC. The number of ether oxygens (including phenoxy) is 3. The van der Waals surface area contributed by atoms with Gasteiger partial charge in [0.25, 0.3) is 5.91 Å². The Morgan fingerprint density at radius 2 is 1.90 bits per heavy atom. The second kappa shape index (κ2) is 20.2. The van der Waals surface area contributed by atoms with Crippen LogP contribution in [0.25, 0.3) is 0 Å². The molecule has 0 saturated carbocycles. The van der Waals surface area contributed by atoms with E-state index in [1.54, 1.807) is 31.2 Å². The van der Waals surface area contributed by atoms with Crippen molar-refractivity contribution in [2.75, 3.05) is 54.1 Å². The Bertz CT molecular complexity index is 989. The third-order valence-electron chi connectivity index (χ3n) is 5.70. The Kier molecular flexibility index (Phi) is 17.8. The molecule has 8 nitrogen and oxygen atoms in total. The van der Waals surface area contributed by atoms with Crippen LogP contribution in [0.3, 0.4) is 0 Å². The number of benzene rings is 2. The van der Waals surface area contributed by atoms with Gasteiger partial charge in [0, 0.05) is 42.5 Å². The van der Waals surface area contributed by atoms with Crippen LogP contribution in [0.1, 0.15) is 60.7 Å². The lowest BCUT2D eigenvalue weighted by molar-refractivity contribution is 0.0535. The number of methoxy groups -OCH3 is 1. The normalized spacial score (nSPS) is 15.0. The number of alkyl carbamates (subject to hydrolysis) is 1. The van der Waals surface area contributed by atoms with Crippen LogP contribution in [0, 0.1) is 11.7 Å².